The molecule has 1 saturated heterocycles. The SMILES string of the molecule is C[C@@H](C(=O)Nc1nc2cc3c(cc2s1)OC(F)(F)O3)N1CCO[C@@H](c2cc[n+]([O-])cc2)C1. The highest BCUT2D eigenvalue weighted by Crippen LogP contribution is 2.44. The van der Waals surface area contributed by atoms with Crippen molar-refractivity contribution >= 4 is 32.6 Å². The fraction of sp³-hybridized carbons (Fsp3) is 0.350. The van der Waals surface area contributed by atoms with Gasteiger partial charge in [0.25, 0.3) is 0 Å². The Balaban J connectivity index is 1.26. The van der Waals surface area contributed by atoms with Gasteiger partial charge in [-0.05, 0) is 12.5 Å². The van der Waals surface area contributed by atoms with Gasteiger partial charge in [-0.1, -0.05) is 11.3 Å². The number of pyridine rings is 1. The Hall–Kier alpha value is -3.09. The van der Waals surface area contributed by atoms with E-state index in [0.29, 0.717) is 39.8 Å². The number of amides is 1. The number of alkyl halides is 2. The van der Waals surface area contributed by atoms with E-state index >= 15 is 0 Å². The Morgan fingerprint density at radius 1 is 1.34 bits per heavy atom. The van der Waals surface area contributed by atoms with E-state index in [1.54, 1.807) is 19.1 Å². The van der Waals surface area contributed by atoms with Crippen molar-refractivity contribution in [1.82, 2.24) is 9.88 Å². The molecular formula is C20H18F2N4O5S. The molecule has 2 aliphatic rings. The van der Waals surface area contributed by atoms with Gasteiger partial charge >= 0.3 is 6.29 Å². The van der Waals surface area contributed by atoms with Gasteiger partial charge in [0, 0.05) is 37.4 Å². The third kappa shape index (κ3) is 4.04. The molecule has 2 aromatic heterocycles. The van der Waals surface area contributed by atoms with Crippen LogP contribution >= 0.6 is 11.3 Å². The summed E-state index contributed by atoms with van der Waals surface area (Å²) in [5.74, 6) is -0.413. The lowest BCUT2D eigenvalue weighted by Crippen LogP contribution is -2.48. The van der Waals surface area contributed by atoms with Crippen LogP contribution in [0.3, 0.4) is 0 Å². The van der Waals surface area contributed by atoms with Gasteiger partial charge in [-0.2, -0.15) is 4.73 Å². The lowest BCUT2D eigenvalue weighted by atomic mass is 10.1. The molecular weight excluding hydrogens is 446 g/mol. The summed E-state index contributed by atoms with van der Waals surface area (Å²) in [5.41, 5.74) is 1.28. The highest BCUT2D eigenvalue weighted by molar-refractivity contribution is 7.22. The third-order valence-corrected chi connectivity index (χ3v) is 6.30. The fourth-order valence-electron chi connectivity index (χ4n) is 3.66. The van der Waals surface area contributed by atoms with Gasteiger partial charge in [0.2, 0.25) is 5.91 Å². The van der Waals surface area contributed by atoms with Crippen molar-refractivity contribution < 1.29 is 32.5 Å². The predicted molar refractivity (Wildman–Crippen MR) is 110 cm³/mol. The Labute approximate surface area is 184 Å². The Morgan fingerprint density at radius 2 is 2.06 bits per heavy atom. The number of anilines is 1. The molecule has 0 radical (unpaired) electrons. The molecule has 1 N–H and O–H groups in total. The first-order valence-electron chi connectivity index (χ1n) is 9.83. The Kier molecular flexibility index (Phi) is 5.07. The number of nitrogens with one attached hydrogen (secondary N) is 1. The van der Waals surface area contributed by atoms with E-state index in [4.69, 9.17) is 4.74 Å². The van der Waals surface area contributed by atoms with Gasteiger partial charge in [-0.15, -0.1) is 8.78 Å². The number of benzene rings is 1. The summed E-state index contributed by atoms with van der Waals surface area (Å²) < 4.78 is 42.4. The second kappa shape index (κ2) is 7.80. The summed E-state index contributed by atoms with van der Waals surface area (Å²) in [5, 5.41) is 14.4. The number of thiazole rings is 1. The molecule has 2 aliphatic heterocycles. The zero-order valence-electron chi connectivity index (χ0n) is 16.8. The first-order chi connectivity index (χ1) is 15.3. The molecule has 0 bridgehead atoms. The Morgan fingerprint density at radius 3 is 2.81 bits per heavy atom. The van der Waals surface area contributed by atoms with Crippen LogP contribution in [0.5, 0.6) is 11.5 Å². The zero-order chi connectivity index (χ0) is 22.5. The van der Waals surface area contributed by atoms with Crippen LogP contribution in [0.1, 0.15) is 18.6 Å². The molecule has 4 heterocycles. The molecule has 12 heteroatoms. The number of ether oxygens (including phenoxy) is 3. The molecule has 5 rings (SSSR count). The van der Waals surface area contributed by atoms with Crippen LogP contribution in [0.15, 0.2) is 36.7 Å². The fourth-order valence-corrected chi connectivity index (χ4v) is 4.54. The van der Waals surface area contributed by atoms with Gasteiger partial charge in [-0.25, -0.2) is 4.98 Å². The summed E-state index contributed by atoms with van der Waals surface area (Å²) >= 11 is 1.16. The minimum absolute atomic E-state index is 0.0693. The third-order valence-electron chi connectivity index (χ3n) is 5.37. The van der Waals surface area contributed by atoms with Crippen molar-refractivity contribution in [3.63, 3.8) is 0 Å². The molecule has 168 valence electrons. The largest absolute Gasteiger partial charge is 0.619 e. The minimum Gasteiger partial charge on any atom is -0.619 e. The second-order valence-electron chi connectivity index (χ2n) is 7.46. The highest BCUT2D eigenvalue weighted by atomic mass is 32.1. The summed E-state index contributed by atoms with van der Waals surface area (Å²) in [6, 6.07) is 5.72. The zero-order valence-corrected chi connectivity index (χ0v) is 17.6. The monoisotopic (exact) mass is 464 g/mol. The normalized spacial score (nSPS) is 20.9. The number of aromatic nitrogens is 2. The lowest BCUT2D eigenvalue weighted by molar-refractivity contribution is -0.605. The average molecular weight is 464 g/mol. The van der Waals surface area contributed by atoms with Crippen LogP contribution in [0, 0.1) is 5.21 Å². The van der Waals surface area contributed by atoms with E-state index < -0.39 is 12.3 Å². The van der Waals surface area contributed by atoms with E-state index in [0.717, 1.165) is 16.9 Å². The molecule has 1 amide bonds. The van der Waals surface area contributed by atoms with E-state index in [-0.39, 0.29) is 23.5 Å². The van der Waals surface area contributed by atoms with Gasteiger partial charge in [0.1, 0.15) is 0 Å². The Bertz CT molecular complexity index is 1130. The summed E-state index contributed by atoms with van der Waals surface area (Å²) in [7, 11) is 0. The van der Waals surface area contributed by atoms with E-state index in [9.17, 15) is 18.8 Å². The van der Waals surface area contributed by atoms with Crippen LogP contribution in [0.25, 0.3) is 10.2 Å². The van der Waals surface area contributed by atoms with Crippen molar-refractivity contribution in [2.75, 3.05) is 25.0 Å². The van der Waals surface area contributed by atoms with Gasteiger partial charge in [-0.3, -0.25) is 9.69 Å². The van der Waals surface area contributed by atoms with E-state index in [1.165, 1.54) is 24.5 Å². The molecule has 0 spiro atoms. The summed E-state index contributed by atoms with van der Waals surface area (Å²) in [6.45, 7) is 3.31. The number of hydrogen-bond donors (Lipinski definition) is 1. The van der Waals surface area contributed by atoms with E-state index in [2.05, 4.69) is 19.8 Å². The smallest absolute Gasteiger partial charge is 0.586 e. The number of halogens is 2. The number of rotatable bonds is 4. The van der Waals surface area contributed by atoms with Crippen LogP contribution in [0.4, 0.5) is 13.9 Å². The van der Waals surface area contributed by atoms with Crippen LogP contribution in [-0.4, -0.2) is 47.8 Å². The van der Waals surface area contributed by atoms with E-state index in [1.807, 2.05) is 4.90 Å². The number of hydrogen-bond acceptors (Lipinski definition) is 8. The topological polar surface area (TPSA) is 99.9 Å². The number of fused-ring (bicyclic) bond motifs is 2. The van der Waals surface area contributed by atoms with Gasteiger partial charge < -0.3 is 24.7 Å². The van der Waals surface area contributed by atoms with Gasteiger partial charge in [0.05, 0.1) is 29.0 Å². The molecule has 1 fully saturated rings. The maximum Gasteiger partial charge on any atom is 0.586 e. The van der Waals surface area contributed by atoms with Crippen LogP contribution in [0.2, 0.25) is 0 Å². The molecule has 9 nitrogen and oxygen atoms in total. The van der Waals surface area contributed by atoms with Crippen LogP contribution < -0.4 is 19.5 Å². The highest BCUT2D eigenvalue weighted by Gasteiger charge is 2.43. The number of nitrogens with zero attached hydrogens (tertiary/aromatic N) is 3. The van der Waals surface area contributed by atoms with Gasteiger partial charge in [0.15, 0.2) is 29.0 Å². The number of morpholine rings is 1. The maximum atomic E-state index is 13.2. The predicted octanol–water partition coefficient (Wildman–Crippen LogP) is 2.65. The summed E-state index contributed by atoms with van der Waals surface area (Å²) in [6.07, 6.45) is -1.12. The summed E-state index contributed by atoms with van der Waals surface area (Å²) in [4.78, 5) is 19.1. The van der Waals surface area contributed by atoms with Crippen molar-refractivity contribution in [3.8, 4) is 11.5 Å². The molecule has 0 unspecified atom stereocenters. The standard InChI is InChI=1S/C20H18F2N4O5S/c1-11(25-6-7-29-16(10-25)12-2-4-26(28)5-3-12)18(27)24-19-23-13-8-14-15(9-17(13)32-19)31-20(21,22)30-14/h2-5,8-9,11,16H,6-7,10H2,1H3,(H,23,24,27)/t11-,16+/m0/s1. The molecule has 3 aromatic rings. The first kappa shape index (κ1) is 20.8. The second-order valence-corrected chi connectivity index (χ2v) is 8.49. The van der Waals surface area contributed by atoms with Crippen molar-refractivity contribution in [3.05, 3.63) is 47.4 Å². The maximum absolute atomic E-state index is 13.2. The average Bonchev–Trinajstić information content (AvgIpc) is 3.28. The molecule has 32 heavy (non-hydrogen) atoms. The van der Waals surface area contributed by atoms with Crippen molar-refractivity contribution in [1.29, 1.82) is 0 Å². The molecule has 1 aromatic carbocycles. The lowest BCUT2D eigenvalue weighted by Gasteiger charge is -2.36. The van der Waals surface area contributed by atoms with Crippen molar-refractivity contribution in [2.24, 2.45) is 0 Å². The quantitative estimate of drug-likeness (QED) is 0.468. The minimum atomic E-state index is -3.69. The first-order valence-corrected chi connectivity index (χ1v) is 10.6. The molecule has 0 saturated carbocycles. The number of carbonyl (C=O) groups is 1. The van der Waals surface area contributed by atoms with Crippen LogP contribution in [-0.2, 0) is 9.53 Å². The number of carbonyl (C=O) groups excluding carboxylic acids is 1. The van der Waals surface area contributed by atoms with Crippen molar-refractivity contribution in [2.45, 2.75) is 25.4 Å². The molecule has 2 atom stereocenters. The molecule has 0 aliphatic carbocycles.